The summed E-state index contributed by atoms with van der Waals surface area (Å²) in [6.07, 6.45) is 1.03. The van der Waals surface area contributed by atoms with Crippen LogP contribution in [0, 0.1) is 6.92 Å². The zero-order valence-corrected chi connectivity index (χ0v) is 9.28. The Hall–Kier alpha value is -0.380. The molecule has 0 saturated heterocycles. The van der Waals surface area contributed by atoms with E-state index in [2.05, 4.69) is 23.7 Å². The molecular weight excluding hydrogens is 182 g/mol. The van der Waals surface area contributed by atoms with E-state index in [-0.39, 0.29) is 0 Å². The van der Waals surface area contributed by atoms with Gasteiger partial charge in [-0.2, -0.15) is 0 Å². The Labute approximate surface area is 83.9 Å². The first kappa shape index (κ1) is 10.7. The smallest absolute Gasteiger partial charge is 0.0480 e. The van der Waals surface area contributed by atoms with Crippen LogP contribution in [0.5, 0.6) is 0 Å². The second-order valence-electron chi connectivity index (χ2n) is 3.11. The van der Waals surface area contributed by atoms with Crippen LogP contribution >= 0.6 is 11.3 Å². The summed E-state index contributed by atoms with van der Waals surface area (Å²) in [4.78, 5) is 1.37. The minimum Gasteiger partial charge on any atom is -0.385 e. The van der Waals surface area contributed by atoms with Crippen molar-refractivity contribution in [3.05, 3.63) is 21.9 Å². The van der Waals surface area contributed by atoms with Crippen molar-refractivity contribution in [1.29, 1.82) is 0 Å². The van der Waals surface area contributed by atoms with Crippen molar-refractivity contribution in [2.45, 2.75) is 19.4 Å². The molecule has 0 amide bonds. The van der Waals surface area contributed by atoms with Crippen molar-refractivity contribution in [3.8, 4) is 0 Å². The fourth-order valence-corrected chi connectivity index (χ4v) is 2.12. The summed E-state index contributed by atoms with van der Waals surface area (Å²) < 4.78 is 5.07. The molecule has 0 aliphatic carbocycles. The van der Waals surface area contributed by atoms with Crippen LogP contribution in [0.1, 0.15) is 22.9 Å². The second-order valence-corrected chi connectivity index (χ2v) is 4.23. The molecule has 0 spiro atoms. The Morgan fingerprint density at radius 3 is 2.85 bits per heavy atom. The lowest BCUT2D eigenvalue weighted by Crippen LogP contribution is -2.17. The SMILES string of the molecule is CNC(CCOC)c1csc(C)c1. The molecule has 0 aliphatic heterocycles. The van der Waals surface area contributed by atoms with Gasteiger partial charge in [0, 0.05) is 24.6 Å². The maximum Gasteiger partial charge on any atom is 0.0480 e. The monoisotopic (exact) mass is 199 g/mol. The maximum absolute atomic E-state index is 5.07. The molecule has 1 unspecified atom stereocenters. The first-order valence-corrected chi connectivity index (χ1v) is 5.37. The minimum atomic E-state index is 0.435. The average molecular weight is 199 g/mol. The molecule has 1 aromatic rings. The first-order valence-electron chi connectivity index (χ1n) is 4.49. The van der Waals surface area contributed by atoms with Gasteiger partial charge < -0.3 is 10.1 Å². The van der Waals surface area contributed by atoms with Gasteiger partial charge in [0.25, 0.3) is 0 Å². The lowest BCUT2D eigenvalue weighted by atomic mass is 10.1. The Morgan fingerprint density at radius 2 is 2.38 bits per heavy atom. The summed E-state index contributed by atoms with van der Waals surface area (Å²) in [6, 6.07) is 2.67. The van der Waals surface area contributed by atoms with E-state index in [1.165, 1.54) is 10.4 Å². The average Bonchev–Trinajstić information content (AvgIpc) is 2.54. The highest BCUT2D eigenvalue weighted by Crippen LogP contribution is 2.22. The molecule has 0 radical (unpaired) electrons. The first-order chi connectivity index (χ1) is 6.27. The van der Waals surface area contributed by atoms with Crippen molar-refractivity contribution in [2.75, 3.05) is 20.8 Å². The van der Waals surface area contributed by atoms with Gasteiger partial charge in [-0.1, -0.05) is 0 Å². The summed E-state index contributed by atoms with van der Waals surface area (Å²) in [7, 11) is 3.74. The van der Waals surface area contributed by atoms with E-state index in [9.17, 15) is 0 Å². The highest BCUT2D eigenvalue weighted by atomic mass is 32.1. The van der Waals surface area contributed by atoms with Crippen molar-refractivity contribution in [2.24, 2.45) is 0 Å². The number of methoxy groups -OCH3 is 1. The van der Waals surface area contributed by atoms with Crippen molar-refractivity contribution >= 4 is 11.3 Å². The summed E-state index contributed by atoms with van der Waals surface area (Å²) in [6.45, 7) is 2.94. The third-order valence-electron chi connectivity index (χ3n) is 2.11. The Bertz CT molecular complexity index is 247. The van der Waals surface area contributed by atoms with E-state index in [0.717, 1.165) is 13.0 Å². The van der Waals surface area contributed by atoms with Crippen LogP contribution in [0.2, 0.25) is 0 Å². The van der Waals surface area contributed by atoms with Crippen LogP contribution in [0.25, 0.3) is 0 Å². The van der Waals surface area contributed by atoms with Gasteiger partial charge >= 0.3 is 0 Å². The molecule has 0 bridgehead atoms. The fraction of sp³-hybridized carbons (Fsp3) is 0.600. The van der Waals surface area contributed by atoms with Gasteiger partial charge in [-0.25, -0.2) is 0 Å². The lowest BCUT2D eigenvalue weighted by molar-refractivity contribution is 0.184. The zero-order valence-electron chi connectivity index (χ0n) is 8.46. The molecule has 0 fully saturated rings. The third kappa shape index (κ3) is 3.10. The van der Waals surface area contributed by atoms with Gasteiger partial charge in [0.2, 0.25) is 0 Å². The van der Waals surface area contributed by atoms with Crippen LogP contribution in [-0.2, 0) is 4.74 Å². The molecule has 74 valence electrons. The number of ether oxygens (including phenoxy) is 1. The number of hydrogen-bond acceptors (Lipinski definition) is 3. The maximum atomic E-state index is 5.07. The van der Waals surface area contributed by atoms with Crippen molar-refractivity contribution in [1.82, 2.24) is 5.32 Å². The summed E-state index contributed by atoms with van der Waals surface area (Å²) in [5.74, 6) is 0. The molecule has 13 heavy (non-hydrogen) atoms. The molecule has 2 nitrogen and oxygen atoms in total. The summed E-state index contributed by atoms with van der Waals surface area (Å²) in [5.41, 5.74) is 1.38. The molecule has 0 aliphatic rings. The number of rotatable bonds is 5. The standard InChI is InChI=1S/C10H17NOS/c1-8-6-9(7-13-8)10(11-2)4-5-12-3/h6-7,10-11H,4-5H2,1-3H3. The largest absolute Gasteiger partial charge is 0.385 e. The van der Waals surface area contributed by atoms with Crippen LogP contribution in [0.3, 0.4) is 0 Å². The predicted octanol–water partition coefficient (Wildman–Crippen LogP) is 2.35. The third-order valence-corrected chi connectivity index (χ3v) is 2.99. The Morgan fingerprint density at radius 1 is 1.62 bits per heavy atom. The highest BCUT2D eigenvalue weighted by Gasteiger charge is 2.09. The van der Waals surface area contributed by atoms with E-state index >= 15 is 0 Å². The van der Waals surface area contributed by atoms with Gasteiger partial charge in [0.1, 0.15) is 0 Å². The van der Waals surface area contributed by atoms with Gasteiger partial charge in [0.15, 0.2) is 0 Å². The molecule has 1 atom stereocenters. The normalized spacial score (nSPS) is 13.2. The van der Waals surface area contributed by atoms with Gasteiger partial charge in [-0.05, 0) is 37.4 Å². The van der Waals surface area contributed by atoms with Crippen molar-refractivity contribution in [3.63, 3.8) is 0 Å². The molecule has 0 aromatic carbocycles. The lowest BCUT2D eigenvalue weighted by Gasteiger charge is -2.13. The Balaban J connectivity index is 2.56. The molecule has 1 aromatic heterocycles. The quantitative estimate of drug-likeness (QED) is 0.786. The van der Waals surface area contributed by atoms with E-state index in [1.807, 2.05) is 7.05 Å². The zero-order chi connectivity index (χ0) is 9.68. The van der Waals surface area contributed by atoms with Gasteiger partial charge in [-0.3, -0.25) is 0 Å². The van der Waals surface area contributed by atoms with E-state index < -0.39 is 0 Å². The van der Waals surface area contributed by atoms with Gasteiger partial charge in [0.05, 0.1) is 0 Å². The molecule has 1 heterocycles. The van der Waals surface area contributed by atoms with Crippen LogP contribution in [0.4, 0.5) is 0 Å². The number of hydrogen-bond donors (Lipinski definition) is 1. The molecule has 1 N–H and O–H groups in total. The number of aryl methyl sites for hydroxylation is 1. The molecule has 3 heteroatoms. The van der Waals surface area contributed by atoms with E-state index in [4.69, 9.17) is 4.74 Å². The van der Waals surface area contributed by atoms with Crippen LogP contribution in [0.15, 0.2) is 11.4 Å². The highest BCUT2D eigenvalue weighted by molar-refractivity contribution is 7.10. The Kier molecular flexibility index (Phi) is 4.42. The summed E-state index contributed by atoms with van der Waals surface area (Å²) in [5, 5.41) is 5.51. The molecular formula is C10H17NOS. The van der Waals surface area contributed by atoms with Crippen LogP contribution in [-0.4, -0.2) is 20.8 Å². The van der Waals surface area contributed by atoms with E-state index in [1.54, 1.807) is 18.4 Å². The topological polar surface area (TPSA) is 21.3 Å². The van der Waals surface area contributed by atoms with Gasteiger partial charge in [-0.15, -0.1) is 11.3 Å². The second kappa shape index (κ2) is 5.37. The minimum absolute atomic E-state index is 0.435. The van der Waals surface area contributed by atoms with Crippen molar-refractivity contribution < 1.29 is 4.74 Å². The molecule has 0 saturated carbocycles. The number of nitrogens with one attached hydrogen (secondary N) is 1. The summed E-state index contributed by atoms with van der Waals surface area (Å²) >= 11 is 1.80. The number of thiophene rings is 1. The predicted molar refractivity (Wildman–Crippen MR) is 57.3 cm³/mol. The van der Waals surface area contributed by atoms with Crippen LogP contribution < -0.4 is 5.32 Å². The van der Waals surface area contributed by atoms with E-state index in [0.29, 0.717) is 6.04 Å². The molecule has 1 rings (SSSR count). The fourth-order valence-electron chi connectivity index (χ4n) is 1.36.